The fourth-order valence-corrected chi connectivity index (χ4v) is 5.57. The van der Waals surface area contributed by atoms with E-state index >= 15 is 0 Å². The highest BCUT2D eigenvalue weighted by Gasteiger charge is 2.54. The molecular weight excluding hydrogens is 656 g/mol. The summed E-state index contributed by atoms with van der Waals surface area (Å²) in [4.78, 5) is 23.8. The van der Waals surface area contributed by atoms with Crippen LogP contribution < -0.4 is 10.6 Å². The quantitative estimate of drug-likeness (QED) is 0.0525. The average molecular weight is 705 g/mol. The van der Waals surface area contributed by atoms with Crippen LogP contribution in [0.15, 0.2) is 0 Å². The van der Waals surface area contributed by atoms with E-state index in [0.29, 0.717) is 25.0 Å². The Morgan fingerprint density at radius 2 is 1.28 bits per heavy atom. The third kappa shape index (κ3) is 10.4. The summed E-state index contributed by atoms with van der Waals surface area (Å²) in [6, 6.07) is -1.26. The van der Waals surface area contributed by atoms with E-state index in [0.717, 1.165) is 0 Å². The molecule has 3 saturated heterocycles. The molecule has 2 amide bonds. The van der Waals surface area contributed by atoms with Gasteiger partial charge < -0.3 is 85.0 Å². The van der Waals surface area contributed by atoms with Crippen molar-refractivity contribution in [2.45, 2.75) is 118 Å². The molecule has 0 spiro atoms. The number of aliphatic hydroxyl groups excluding tert-OH is 9. The van der Waals surface area contributed by atoms with Crippen LogP contribution in [0.25, 0.3) is 0 Å². The Morgan fingerprint density at radius 3 is 1.87 bits per heavy atom. The van der Waals surface area contributed by atoms with Gasteiger partial charge in [0.05, 0.1) is 26.4 Å². The van der Waals surface area contributed by atoms with E-state index in [1.807, 2.05) is 0 Å². The van der Waals surface area contributed by atoms with Crippen LogP contribution in [0.2, 0.25) is 0 Å². The predicted molar refractivity (Wildman–Crippen MR) is 157 cm³/mol. The molecule has 0 aromatic carbocycles. The summed E-state index contributed by atoms with van der Waals surface area (Å²) in [5.41, 5.74) is 0. The Morgan fingerprint density at radius 1 is 0.702 bits per heavy atom. The first-order valence-corrected chi connectivity index (χ1v) is 16.0. The molecule has 19 nitrogen and oxygen atoms in total. The summed E-state index contributed by atoms with van der Waals surface area (Å²) >= 11 is 4.06. The molecule has 20 heteroatoms. The molecule has 3 fully saturated rings. The summed E-state index contributed by atoms with van der Waals surface area (Å²) in [6.45, 7) is -0.849. The molecule has 0 aliphatic carbocycles. The van der Waals surface area contributed by atoms with E-state index in [1.165, 1.54) is 6.92 Å². The third-order valence-corrected chi connectivity index (χ3v) is 8.28. The Kier molecular flexibility index (Phi) is 16.4. The number of carbonyl (C=O) groups is 2. The number of thiol groups is 1. The maximum atomic E-state index is 12.0. The molecule has 47 heavy (non-hydrogen) atoms. The summed E-state index contributed by atoms with van der Waals surface area (Å²) < 4.78 is 33.8. The molecule has 0 unspecified atom stereocenters. The van der Waals surface area contributed by atoms with E-state index in [9.17, 15) is 55.5 Å². The van der Waals surface area contributed by atoms with E-state index < -0.39 is 118 Å². The lowest BCUT2D eigenvalue weighted by Gasteiger charge is -2.48. The van der Waals surface area contributed by atoms with Gasteiger partial charge in [0, 0.05) is 19.9 Å². The van der Waals surface area contributed by atoms with Crippen LogP contribution in [-0.4, -0.2) is 189 Å². The fraction of sp³-hybridized carbons (Fsp3) is 0.926. The van der Waals surface area contributed by atoms with Gasteiger partial charge in [0.2, 0.25) is 11.8 Å². The Bertz CT molecular complexity index is 970. The lowest BCUT2D eigenvalue weighted by molar-refractivity contribution is -0.376. The summed E-state index contributed by atoms with van der Waals surface area (Å²) in [5, 5.41) is 98.4. The second kappa shape index (κ2) is 19.2. The van der Waals surface area contributed by atoms with Crippen molar-refractivity contribution < 1.29 is 84.0 Å². The molecule has 0 saturated carbocycles. The molecule has 3 aliphatic rings. The fourth-order valence-electron chi connectivity index (χ4n) is 5.41. The standard InChI is InChI=1S/C27H48N2O17S/c1-11(33)29-16-19(37)23(14(10-32)44-25(16)41-6-3-5-28-15(34)4-2-7-47)45-27-22(40)24(18(36)13(9-31)43-27)46-26-21(39)20(38)17(35)12(8-30)42-26/h12-14,16-27,30-32,35-40,47H,2-10H2,1H3,(H,28,34)(H,29,33)/t12-,13-,14-,16-,17+,18+,19-,20+,21-,22-,23-,24+,25-,26-,27+/m1/s1. The summed E-state index contributed by atoms with van der Waals surface area (Å²) in [5.74, 6) is -0.149. The summed E-state index contributed by atoms with van der Waals surface area (Å²) in [6.07, 6.45) is -21.7. The summed E-state index contributed by atoms with van der Waals surface area (Å²) in [7, 11) is 0. The molecule has 3 aliphatic heterocycles. The van der Waals surface area contributed by atoms with Crippen LogP contribution in [0.4, 0.5) is 0 Å². The molecule has 0 aromatic rings. The predicted octanol–water partition coefficient (Wildman–Crippen LogP) is -6.19. The lowest BCUT2D eigenvalue weighted by atomic mass is 9.95. The van der Waals surface area contributed by atoms with Gasteiger partial charge in [-0.15, -0.1) is 0 Å². The number of aliphatic hydroxyl groups is 9. The zero-order chi connectivity index (χ0) is 34.8. The first-order valence-electron chi connectivity index (χ1n) is 15.3. The molecule has 3 rings (SSSR count). The van der Waals surface area contributed by atoms with E-state index in [-0.39, 0.29) is 19.1 Å². The second-order valence-corrected chi connectivity index (χ2v) is 11.9. The van der Waals surface area contributed by atoms with Crippen LogP contribution in [0.5, 0.6) is 0 Å². The molecule has 15 atom stereocenters. The molecular formula is C27H48N2O17S. The number of rotatable bonds is 16. The largest absolute Gasteiger partial charge is 0.394 e. The van der Waals surface area contributed by atoms with Crippen molar-refractivity contribution in [3.8, 4) is 0 Å². The smallest absolute Gasteiger partial charge is 0.220 e. The minimum absolute atomic E-state index is 0.0292. The minimum atomic E-state index is -1.93. The van der Waals surface area contributed by atoms with Gasteiger partial charge in [0.1, 0.15) is 73.2 Å². The highest BCUT2D eigenvalue weighted by molar-refractivity contribution is 7.80. The lowest BCUT2D eigenvalue weighted by Crippen LogP contribution is -2.68. The number of carbonyl (C=O) groups excluding carboxylic acids is 2. The minimum Gasteiger partial charge on any atom is -0.394 e. The van der Waals surface area contributed by atoms with Gasteiger partial charge in [-0.25, -0.2) is 0 Å². The number of hydrogen-bond acceptors (Lipinski definition) is 18. The maximum absolute atomic E-state index is 12.0. The molecule has 0 aromatic heterocycles. The highest BCUT2D eigenvalue weighted by atomic mass is 32.1. The van der Waals surface area contributed by atoms with Gasteiger partial charge in [-0.1, -0.05) is 0 Å². The van der Waals surface area contributed by atoms with Gasteiger partial charge in [0.15, 0.2) is 18.9 Å². The second-order valence-electron chi connectivity index (χ2n) is 11.4. The van der Waals surface area contributed by atoms with Crippen LogP contribution in [0.3, 0.4) is 0 Å². The Hall–Kier alpha value is -1.31. The molecule has 0 bridgehead atoms. The van der Waals surface area contributed by atoms with Crippen LogP contribution in [0.1, 0.15) is 26.2 Å². The van der Waals surface area contributed by atoms with Crippen molar-refractivity contribution in [1.29, 1.82) is 0 Å². The van der Waals surface area contributed by atoms with Crippen molar-refractivity contribution in [2.24, 2.45) is 0 Å². The molecule has 0 radical (unpaired) electrons. The number of amides is 2. The highest BCUT2D eigenvalue weighted by Crippen LogP contribution is 2.32. The van der Waals surface area contributed by atoms with Crippen LogP contribution in [0, 0.1) is 0 Å². The first kappa shape index (κ1) is 40.1. The normalized spacial score (nSPS) is 41.0. The van der Waals surface area contributed by atoms with Crippen LogP contribution >= 0.6 is 12.6 Å². The van der Waals surface area contributed by atoms with Crippen molar-refractivity contribution in [1.82, 2.24) is 10.6 Å². The van der Waals surface area contributed by atoms with Gasteiger partial charge >= 0.3 is 0 Å². The molecule has 274 valence electrons. The zero-order valence-electron chi connectivity index (χ0n) is 25.8. The number of nitrogens with one attached hydrogen (secondary N) is 2. The van der Waals surface area contributed by atoms with Gasteiger partial charge in [-0.3, -0.25) is 9.59 Å². The van der Waals surface area contributed by atoms with Gasteiger partial charge in [-0.2, -0.15) is 12.6 Å². The molecule has 11 N–H and O–H groups in total. The van der Waals surface area contributed by atoms with Crippen molar-refractivity contribution in [3.05, 3.63) is 0 Å². The first-order chi connectivity index (χ1) is 22.4. The topological polar surface area (TPSA) is 296 Å². The van der Waals surface area contributed by atoms with E-state index in [4.69, 9.17) is 28.4 Å². The number of hydrogen-bond donors (Lipinski definition) is 12. The number of ether oxygens (including phenoxy) is 6. The average Bonchev–Trinajstić information content (AvgIpc) is 3.05. The van der Waals surface area contributed by atoms with Crippen molar-refractivity contribution >= 4 is 24.4 Å². The van der Waals surface area contributed by atoms with Gasteiger partial charge in [-0.05, 0) is 18.6 Å². The van der Waals surface area contributed by atoms with Crippen molar-refractivity contribution in [2.75, 3.05) is 38.7 Å². The van der Waals surface area contributed by atoms with Gasteiger partial charge in [0.25, 0.3) is 0 Å². The van der Waals surface area contributed by atoms with Crippen LogP contribution in [-0.2, 0) is 38.0 Å². The maximum Gasteiger partial charge on any atom is 0.220 e. The van der Waals surface area contributed by atoms with E-state index in [2.05, 4.69) is 23.3 Å². The Balaban J connectivity index is 1.71. The third-order valence-electron chi connectivity index (χ3n) is 7.96. The van der Waals surface area contributed by atoms with E-state index in [1.54, 1.807) is 0 Å². The SMILES string of the molecule is CC(=O)N[C@H]1[C@H](OCCCNC(=O)CCCS)O[C@H](CO)[C@@H](O[C@@H]2O[C@H](CO)[C@H](O)[C@H](O[C@H]3O[C@H](CO)[C@H](O)[C@H](O)[C@H]3O)[C@H]2O)[C@@H]1O. The van der Waals surface area contributed by atoms with Crippen molar-refractivity contribution in [3.63, 3.8) is 0 Å². The Labute approximate surface area is 276 Å². The molecule has 3 heterocycles. The zero-order valence-corrected chi connectivity index (χ0v) is 26.7. The monoisotopic (exact) mass is 704 g/mol.